The number of rotatable bonds is 4. The summed E-state index contributed by atoms with van der Waals surface area (Å²) in [4.78, 5) is 24.6. The minimum Gasteiger partial charge on any atom is -0.480 e. The lowest BCUT2D eigenvalue weighted by atomic mass is 10.2. The summed E-state index contributed by atoms with van der Waals surface area (Å²) in [6.45, 7) is 1.38. The monoisotopic (exact) mass is 294 g/mol. The number of urea groups is 1. The number of aliphatic carboxylic acids is 1. The van der Waals surface area contributed by atoms with Gasteiger partial charge in [-0.3, -0.25) is 4.79 Å². The second-order valence-electron chi connectivity index (χ2n) is 5.41. The summed E-state index contributed by atoms with van der Waals surface area (Å²) in [5, 5.41) is 11.6. The first-order chi connectivity index (χ1) is 9.95. The summed E-state index contributed by atoms with van der Waals surface area (Å²) in [5.74, 6) is -1.48. The van der Waals surface area contributed by atoms with Gasteiger partial charge in [0.15, 0.2) is 0 Å². The van der Waals surface area contributed by atoms with Gasteiger partial charge in [0.1, 0.15) is 12.4 Å². The number of carboxylic acid groups (broad SMARTS) is 1. The van der Waals surface area contributed by atoms with Crippen LogP contribution in [0.2, 0.25) is 0 Å². The Kier molecular flexibility index (Phi) is 4.77. The summed E-state index contributed by atoms with van der Waals surface area (Å²) in [6, 6.07) is 3.68. The quantitative estimate of drug-likeness (QED) is 0.897. The fourth-order valence-corrected chi connectivity index (χ4v) is 2.73. The SMILES string of the molecule is Cc1cc(F)cc(NC(=O)N(CC(=O)O)C2CCCC2)c1. The van der Waals surface area contributed by atoms with Crippen LogP contribution in [0.15, 0.2) is 18.2 Å². The molecule has 1 fully saturated rings. The van der Waals surface area contributed by atoms with Gasteiger partial charge in [-0.2, -0.15) is 0 Å². The maximum absolute atomic E-state index is 13.3. The molecule has 1 aromatic carbocycles. The smallest absolute Gasteiger partial charge is 0.323 e. The van der Waals surface area contributed by atoms with Crippen molar-refractivity contribution in [1.82, 2.24) is 4.90 Å². The molecule has 21 heavy (non-hydrogen) atoms. The molecule has 6 heteroatoms. The normalized spacial score (nSPS) is 15.0. The van der Waals surface area contributed by atoms with Gasteiger partial charge in [0.2, 0.25) is 0 Å². The summed E-state index contributed by atoms with van der Waals surface area (Å²) < 4.78 is 13.3. The summed E-state index contributed by atoms with van der Waals surface area (Å²) >= 11 is 0. The summed E-state index contributed by atoms with van der Waals surface area (Å²) in [5.41, 5.74) is 1.03. The van der Waals surface area contributed by atoms with Crippen molar-refractivity contribution in [2.45, 2.75) is 38.6 Å². The third-order valence-corrected chi connectivity index (χ3v) is 3.63. The number of anilines is 1. The average Bonchev–Trinajstić information content (AvgIpc) is 2.87. The summed E-state index contributed by atoms with van der Waals surface area (Å²) in [6.07, 6.45) is 3.60. The first-order valence-electron chi connectivity index (χ1n) is 7.02. The minimum absolute atomic E-state index is 0.0595. The zero-order valence-electron chi connectivity index (χ0n) is 11.9. The zero-order valence-corrected chi connectivity index (χ0v) is 11.9. The third kappa shape index (κ3) is 4.18. The van der Waals surface area contributed by atoms with Crippen molar-refractivity contribution in [3.8, 4) is 0 Å². The van der Waals surface area contributed by atoms with Crippen molar-refractivity contribution < 1.29 is 19.1 Å². The molecule has 2 rings (SSSR count). The van der Waals surface area contributed by atoms with E-state index in [1.54, 1.807) is 13.0 Å². The van der Waals surface area contributed by atoms with E-state index in [9.17, 15) is 14.0 Å². The number of benzene rings is 1. The summed E-state index contributed by atoms with van der Waals surface area (Å²) in [7, 11) is 0. The molecule has 0 radical (unpaired) electrons. The lowest BCUT2D eigenvalue weighted by Crippen LogP contribution is -2.44. The Morgan fingerprint density at radius 2 is 2.00 bits per heavy atom. The van der Waals surface area contributed by atoms with Gasteiger partial charge in [-0.05, 0) is 43.5 Å². The standard InChI is InChI=1S/C15H19FN2O3/c1-10-6-11(16)8-12(7-10)17-15(21)18(9-14(19)20)13-4-2-3-5-13/h6-8,13H,2-5,9H2,1H3,(H,17,21)(H,19,20). The largest absolute Gasteiger partial charge is 0.480 e. The van der Waals surface area contributed by atoms with Gasteiger partial charge >= 0.3 is 12.0 Å². The van der Waals surface area contributed by atoms with Gasteiger partial charge in [-0.25, -0.2) is 9.18 Å². The van der Waals surface area contributed by atoms with Gasteiger partial charge in [-0.1, -0.05) is 12.8 Å². The number of halogens is 1. The molecular formula is C15H19FN2O3. The van der Waals surface area contributed by atoms with Crippen LogP contribution in [0, 0.1) is 12.7 Å². The Balaban J connectivity index is 2.11. The second-order valence-corrected chi connectivity index (χ2v) is 5.41. The van der Waals surface area contributed by atoms with Gasteiger partial charge in [0, 0.05) is 11.7 Å². The van der Waals surface area contributed by atoms with Crippen molar-refractivity contribution in [1.29, 1.82) is 0 Å². The average molecular weight is 294 g/mol. The van der Waals surface area contributed by atoms with E-state index in [2.05, 4.69) is 5.32 Å². The second kappa shape index (κ2) is 6.56. The van der Waals surface area contributed by atoms with Crippen LogP contribution in [0.3, 0.4) is 0 Å². The Hall–Kier alpha value is -2.11. The molecular weight excluding hydrogens is 275 g/mol. The molecule has 2 amide bonds. The first-order valence-corrected chi connectivity index (χ1v) is 7.02. The van der Waals surface area contributed by atoms with Gasteiger partial charge in [0.05, 0.1) is 0 Å². The number of aryl methyl sites for hydroxylation is 1. The minimum atomic E-state index is -1.05. The molecule has 0 bridgehead atoms. The van der Waals surface area contributed by atoms with Crippen LogP contribution in [0.5, 0.6) is 0 Å². The molecule has 0 spiro atoms. The van der Waals surface area contributed by atoms with E-state index >= 15 is 0 Å². The van der Waals surface area contributed by atoms with E-state index in [1.165, 1.54) is 17.0 Å². The van der Waals surface area contributed by atoms with E-state index in [0.29, 0.717) is 11.3 Å². The van der Waals surface area contributed by atoms with E-state index in [0.717, 1.165) is 25.7 Å². The fourth-order valence-electron chi connectivity index (χ4n) is 2.73. The highest BCUT2D eigenvalue weighted by atomic mass is 19.1. The Bertz CT molecular complexity index is 521. The van der Waals surface area contributed by atoms with Crippen LogP contribution in [-0.2, 0) is 4.79 Å². The van der Waals surface area contributed by atoms with Gasteiger partial charge in [-0.15, -0.1) is 0 Å². The van der Waals surface area contributed by atoms with Gasteiger partial charge in [0.25, 0.3) is 0 Å². The van der Waals surface area contributed by atoms with Crippen LogP contribution in [-0.4, -0.2) is 34.6 Å². The van der Waals surface area contributed by atoms with Crippen LogP contribution in [0.4, 0.5) is 14.9 Å². The van der Waals surface area contributed by atoms with Crippen LogP contribution in [0.25, 0.3) is 0 Å². The highest BCUT2D eigenvalue weighted by Gasteiger charge is 2.28. The van der Waals surface area contributed by atoms with Crippen molar-refractivity contribution >= 4 is 17.7 Å². The predicted molar refractivity (Wildman–Crippen MR) is 76.8 cm³/mol. The number of nitrogens with one attached hydrogen (secondary N) is 1. The topological polar surface area (TPSA) is 69.6 Å². The number of nitrogens with zero attached hydrogens (tertiary/aromatic N) is 1. The fraction of sp³-hybridized carbons (Fsp3) is 0.467. The number of carboxylic acids is 1. The zero-order chi connectivity index (χ0) is 15.4. The van der Waals surface area contributed by atoms with Crippen molar-refractivity contribution in [2.75, 3.05) is 11.9 Å². The third-order valence-electron chi connectivity index (χ3n) is 3.63. The predicted octanol–water partition coefficient (Wildman–Crippen LogP) is 3.00. The van der Waals surface area contributed by atoms with Crippen molar-refractivity contribution in [2.24, 2.45) is 0 Å². The molecule has 0 aromatic heterocycles. The highest BCUT2D eigenvalue weighted by Crippen LogP contribution is 2.24. The Morgan fingerprint density at radius 3 is 2.57 bits per heavy atom. The van der Waals surface area contributed by atoms with E-state index in [1.807, 2.05) is 0 Å². The van der Waals surface area contributed by atoms with Crippen molar-refractivity contribution in [3.63, 3.8) is 0 Å². The maximum Gasteiger partial charge on any atom is 0.323 e. The van der Waals surface area contributed by atoms with Crippen LogP contribution < -0.4 is 5.32 Å². The molecule has 0 unspecified atom stereocenters. The molecule has 1 aromatic rings. The first kappa shape index (κ1) is 15.3. The number of hydrogen-bond donors (Lipinski definition) is 2. The molecule has 0 saturated heterocycles. The van der Waals surface area contributed by atoms with Crippen molar-refractivity contribution in [3.05, 3.63) is 29.6 Å². The highest BCUT2D eigenvalue weighted by molar-refractivity contribution is 5.91. The molecule has 2 N–H and O–H groups in total. The van der Waals surface area contributed by atoms with Crippen LogP contribution >= 0.6 is 0 Å². The molecule has 1 aliphatic carbocycles. The van der Waals surface area contributed by atoms with E-state index in [-0.39, 0.29) is 12.6 Å². The molecule has 1 aliphatic rings. The van der Waals surface area contributed by atoms with Gasteiger partial charge < -0.3 is 15.3 Å². The number of carbonyl (C=O) groups is 2. The number of amides is 2. The molecule has 0 aliphatic heterocycles. The Morgan fingerprint density at radius 1 is 1.33 bits per heavy atom. The maximum atomic E-state index is 13.3. The molecule has 114 valence electrons. The lowest BCUT2D eigenvalue weighted by Gasteiger charge is -2.27. The number of carbonyl (C=O) groups excluding carboxylic acids is 1. The molecule has 0 heterocycles. The Labute approximate surface area is 122 Å². The molecule has 0 atom stereocenters. The lowest BCUT2D eigenvalue weighted by molar-refractivity contribution is -0.138. The van der Waals surface area contributed by atoms with Crippen LogP contribution in [0.1, 0.15) is 31.2 Å². The van der Waals surface area contributed by atoms with E-state index < -0.39 is 17.8 Å². The molecule has 5 nitrogen and oxygen atoms in total. The molecule has 1 saturated carbocycles. The number of hydrogen-bond acceptors (Lipinski definition) is 2. The van der Waals surface area contributed by atoms with E-state index in [4.69, 9.17) is 5.11 Å².